The van der Waals surface area contributed by atoms with Gasteiger partial charge in [0, 0.05) is 16.7 Å². The molecule has 0 amide bonds. The van der Waals surface area contributed by atoms with Crippen LogP contribution in [0.1, 0.15) is 95.2 Å². The van der Waals surface area contributed by atoms with Gasteiger partial charge in [-0.05, 0) is 46.7 Å². The van der Waals surface area contributed by atoms with Crippen LogP contribution in [0.25, 0.3) is 0 Å². The van der Waals surface area contributed by atoms with Crippen LogP contribution in [0.5, 0.6) is 17.2 Å². The van der Waals surface area contributed by atoms with Crippen LogP contribution in [0.2, 0.25) is 0 Å². The van der Waals surface area contributed by atoms with E-state index in [0.717, 1.165) is 57.8 Å². The third kappa shape index (κ3) is 11.9. The van der Waals surface area contributed by atoms with Gasteiger partial charge in [-0.25, -0.2) is 0 Å². The highest BCUT2D eigenvalue weighted by molar-refractivity contribution is 7.78. The molecule has 12 nitrogen and oxygen atoms in total. The first-order valence-electron chi connectivity index (χ1n) is 17.9. The Bertz CT molecular complexity index is 1450. The molecule has 15 heteroatoms. The molecule has 3 aromatic carbocycles. The molecule has 2 unspecified atom stereocenters. The summed E-state index contributed by atoms with van der Waals surface area (Å²) < 4.78 is 35.9. The van der Waals surface area contributed by atoms with Crippen LogP contribution in [-0.4, -0.2) is 44.3 Å². The minimum atomic E-state index is -3.85. The van der Waals surface area contributed by atoms with E-state index in [2.05, 4.69) is 20.8 Å². The van der Waals surface area contributed by atoms with Crippen molar-refractivity contribution in [2.24, 2.45) is 4.52 Å². The molecular weight excluding hydrogens is 711 g/mol. The first-order valence-corrected chi connectivity index (χ1v) is 21.7. The van der Waals surface area contributed by atoms with E-state index >= 15 is 0 Å². The summed E-state index contributed by atoms with van der Waals surface area (Å²) in [6.45, 7) is 6.70. The quantitative estimate of drug-likeness (QED) is 0.0594. The molecule has 0 aromatic heterocycles. The summed E-state index contributed by atoms with van der Waals surface area (Å²) in [7, 11) is -7.91. The minimum absolute atomic E-state index is 0.243. The van der Waals surface area contributed by atoms with Gasteiger partial charge in [-0.1, -0.05) is 114 Å². The zero-order valence-electron chi connectivity index (χ0n) is 30.0. The highest BCUT2D eigenvalue weighted by Gasteiger charge is 2.55. The van der Waals surface area contributed by atoms with Crippen molar-refractivity contribution in [3.63, 3.8) is 0 Å². The maximum Gasteiger partial charge on any atom is 0.436 e. The van der Waals surface area contributed by atoms with Crippen LogP contribution in [0, 0.1) is 0 Å². The molecule has 4 rings (SSSR count). The second-order valence-electron chi connectivity index (χ2n) is 11.8. The topological polar surface area (TPSA) is 135 Å². The van der Waals surface area contributed by atoms with Gasteiger partial charge in [0.25, 0.3) is 8.45 Å². The molecule has 3 aromatic rings. The molecule has 282 valence electrons. The largest absolute Gasteiger partial charge is 0.437 e. The molecule has 0 saturated heterocycles. The van der Waals surface area contributed by atoms with Crippen LogP contribution in [0.4, 0.5) is 0 Å². The van der Waals surface area contributed by atoms with Crippen molar-refractivity contribution in [3.05, 3.63) is 89.5 Å². The van der Waals surface area contributed by atoms with E-state index in [0.29, 0.717) is 53.8 Å². The predicted molar refractivity (Wildman–Crippen MR) is 202 cm³/mol. The van der Waals surface area contributed by atoms with Gasteiger partial charge in [0.05, 0.1) is 39.6 Å². The number of rotatable bonds is 24. The molecule has 0 fully saturated rings. The summed E-state index contributed by atoms with van der Waals surface area (Å²) in [6, 6.07) is 21.5. The lowest BCUT2D eigenvalue weighted by Gasteiger charge is -2.45. The van der Waals surface area contributed by atoms with Gasteiger partial charge in [-0.3, -0.25) is 9.68 Å². The summed E-state index contributed by atoms with van der Waals surface area (Å²) in [5, 5.41) is 31.0. The molecule has 0 bridgehead atoms. The molecular formula is C36H54N3O9P3. The summed E-state index contributed by atoms with van der Waals surface area (Å²) in [5.74, 6) is 1.13. The van der Waals surface area contributed by atoms with E-state index in [1.807, 2.05) is 36.4 Å². The van der Waals surface area contributed by atoms with Gasteiger partial charge in [0.15, 0.2) is 0 Å². The molecule has 51 heavy (non-hydrogen) atoms. The fourth-order valence-corrected chi connectivity index (χ4v) is 12.7. The monoisotopic (exact) mass is 765 g/mol. The highest BCUT2D eigenvalue weighted by Crippen LogP contribution is 2.78. The molecule has 0 aliphatic carbocycles. The second kappa shape index (κ2) is 22.8. The van der Waals surface area contributed by atoms with Crippen LogP contribution in [0.3, 0.4) is 0 Å². The minimum Gasteiger partial charge on any atom is -0.437 e. The average Bonchev–Trinajstić information content (AvgIpc) is 3.16. The number of benzene rings is 3. The van der Waals surface area contributed by atoms with Crippen molar-refractivity contribution >= 4 is 24.6 Å². The first-order chi connectivity index (χ1) is 25.0. The Hall–Kier alpha value is -2.17. The zero-order valence-corrected chi connectivity index (χ0v) is 32.7. The Morgan fingerprint density at radius 3 is 1.55 bits per heavy atom. The van der Waals surface area contributed by atoms with Gasteiger partial charge < -0.3 is 33.4 Å². The zero-order chi connectivity index (χ0) is 36.3. The molecule has 0 spiro atoms. The highest BCUT2D eigenvalue weighted by atomic mass is 31.3. The van der Waals surface area contributed by atoms with Crippen molar-refractivity contribution in [2.45, 2.75) is 98.4 Å². The fourth-order valence-electron chi connectivity index (χ4n) is 4.90. The van der Waals surface area contributed by atoms with E-state index in [1.54, 1.807) is 45.6 Å². The number of hydrogen-bond donors (Lipinski definition) is 3. The van der Waals surface area contributed by atoms with Gasteiger partial charge in [0.1, 0.15) is 17.2 Å². The van der Waals surface area contributed by atoms with Crippen LogP contribution >= 0.6 is 24.6 Å². The number of aliphatic hydroxyl groups is 3. The fraction of sp³-hybridized carbons (Fsp3) is 0.500. The predicted octanol–water partition coefficient (Wildman–Crippen LogP) is 10.2. The Balaban J connectivity index is 1.98. The number of unbranched alkanes of at least 4 members (excludes halogenated alkanes) is 6. The number of hydrogen-bond acceptors (Lipinski definition) is 12. The van der Waals surface area contributed by atoms with Crippen LogP contribution in [-0.2, 0) is 34.0 Å². The standard InChI is InChI=1S/C36H54N3O9P3/c1-4-7-16-25-43-38-49(46-34-22-13-10-19-31(34)28-40)37-51(47-35-23-14-11-20-32(35)29-41,48-36-24-15-12-21-33(36)30-42)39(44-26-17-8-5-2)50(38)45-27-18-9-6-3/h10-15,19-24,40-42H,4-9,16-18,25-30H2,1-3H3. The van der Waals surface area contributed by atoms with Crippen molar-refractivity contribution < 1.29 is 43.1 Å². The summed E-state index contributed by atoms with van der Waals surface area (Å²) in [6.07, 6.45) is 8.29. The second-order valence-corrected chi connectivity index (χ2v) is 17.4. The van der Waals surface area contributed by atoms with E-state index in [4.69, 9.17) is 32.3 Å². The Kier molecular flexibility index (Phi) is 18.6. The van der Waals surface area contributed by atoms with Crippen molar-refractivity contribution in [1.29, 1.82) is 0 Å². The Morgan fingerprint density at radius 1 is 0.588 bits per heavy atom. The smallest absolute Gasteiger partial charge is 0.436 e. The van der Waals surface area contributed by atoms with Gasteiger partial charge in [-0.15, -0.1) is 4.52 Å². The average molecular weight is 766 g/mol. The van der Waals surface area contributed by atoms with E-state index in [9.17, 15) is 15.3 Å². The number of aliphatic hydroxyl groups excluding tert-OH is 3. The maximum atomic E-state index is 10.4. The van der Waals surface area contributed by atoms with E-state index in [-0.39, 0.29) is 19.8 Å². The third-order valence-electron chi connectivity index (χ3n) is 7.75. The maximum absolute atomic E-state index is 10.4. The Labute approximate surface area is 305 Å². The lowest BCUT2D eigenvalue weighted by molar-refractivity contribution is -0.0767. The van der Waals surface area contributed by atoms with Crippen LogP contribution in [0.15, 0.2) is 77.3 Å². The van der Waals surface area contributed by atoms with Crippen molar-refractivity contribution in [2.75, 3.05) is 19.8 Å². The molecule has 2 atom stereocenters. The summed E-state index contributed by atoms with van der Waals surface area (Å²) >= 11 is 0. The molecule has 3 N–H and O–H groups in total. The summed E-state index contributed by atoms with van der Waals surface area (Å²) in [5.41, 5.74) is 1.63. The molecule has 0 radical (unpaired) electrons. The van der Waals surface area contributed by atoms with Gasteiger partial charge in [0.2, 0.25) is 0 Å². The SMILES string of the molecule is CCCCCON1P(Oc2ccccc2CO)N=P(Oc2ccccc2CO)(Oc2ccccc2CO)N(OCCCCC)P1OCCCCC. The third-order valence-corrected chi connectivity index (χ3v) is 14.7. The normalized spacial score (nSPS) is 17.6. The van der Waals surface area contributed by atoms with Crippen LogP contribution < -0.4 is 13.6 Å². The number of nitrogens with zero attached hydrogens (tertiary/aromatic N) is 3. The van der Waals surface area contributed by atoms with Crippen molar-refractivity contribution in [3.8, 4) is 17.2 Å². The van der Waals surface area contributed by atoms with E-state index < -0.39 is 24.6 Å². The Morgan fingerprint density at radius 2 is 1.04 bits per heavy atom. The molecule has 1 aliphatic rings. The van der Waals surface area contributed by atoms with Gasteiger partial charge in [-0.2, -0.15) is 0 Å². The first kappa shape index (κ1) is 41.6. The molecule has 1 heterocycles. The molecule has 0 saturated carbocycles. The summed E-state index contributed by atoms with van der Waals surface area (Å²) in [4.78, 5) is 13.2. The lowest BCUT2D eigenvalue weighted by Crippen LogP contribution is -2.34. The number of para-hydroxylation sites is 3. The molecule has 1 aliphatic heterocycles. The lowest BCUT2D eigenvalue weighted by atomic mass is 10.2. The van der Waals surface area contributed by atoms with Crippen molar-refractivity contribution in [1.82, 2.24) is 9.21 Å². The van der Waals surface area contributed by atoms with Gasteiger partial charge >= 0.3 is 16.1 Å². The van der Waals surface area contributed by atoms with E-state index in [1.165, 1.54) is 0 Å².